The number of ether oxygens (including phenoxy) is 2. The van der Waals surface area contributed by atoms with Gasteiger partial charge in [-0.15, -0.1) is 0 Å². The molecule has 0 heterocycles. The highest BCUT2D eigenvalue weighted by Crippen LogP contribution is 2.27. The predicted molar refractivity (Wildman–Crippen MR) is 60.3 cm³/mol. The van der Waals surface area contributed by atoms with Crippen LogP contribution in [-0.4, -0.2) is 20.2 Å². The third-order valence-electron chi connectivity index (χ3n) is 1.93. The van der Waals surface area contributed by atoms with Gasteiger partial charge in [-0.05, 0) is 24.6 Å². The van der Waals surface area contributed by atoms with Gasteiger partial charge in [-0.3, -0.25) is 4.89 Å². The lowest BCUT2D eigenvalue weighted by atomic mass is 10.2. The first-order valence-electron chi connectivity index (χ1n) is 4.93. The number of methoxy groups -OCH3 is 2. The van der Waals surface area contributed by atoms with E-state index in [9.17, 15) is 4.79 Å². The highest BCUT2D eigenvalue weighted by molar-refractivity contribution is 5.89. The zero-order chi connectivity index (χ0) is 12.7. The lowest BCUT2D eigenvalue weighted by molar-refractivity contribution is -0.212. The second kappa shape index (κ2) is 6.75. The van der Waals surface area contributed by atoms with E-state index >= 15 is 0 Å². The van der Waals surface area contributed by atoms with Gasteiger partial charge in [-0.25, -0.2) is 4.79 Å². The van der Waals surface area contributed by atoms with Crippen molar-refractivity contribution in [3.63, 3.8) is 0 Å². The molecule has 5 heteroatoms. The average Bonchev–Trinajstić information content (AvgIpc) is 2.38. The van der Waals surface area contributed by atoms with Crippen molar-refractivity contribution >= 4 is 5.97 Å². The van der Waals surface area contributed by atoms with Gasteiger partial charge < -0.3 is 9.47 Å². The van der Waals surface area contributed by atoms with Crippen molar-refractivity contribution < 1.29 is 24.0 Å². The maximum Gasteiger partial charge on any atom is 0.373 e. The largest absolute Gasteiger partial charge is 0.493 e. The molecule has 0 amide bonds. The molecule has 0 fully saturated rings. The Morgan fingerprint density at radius 3 is 2.59 bits per heavy atom. The fraction of sp³-hybridized carbons (Fsp3) is 0.250. The molecule has 0 bridgehead atoms. The Morgan fingerprint density at radius 1 is 1.29 bits per heavy atom. The molecule has 17 heavy (non-hydrogen) atoms. The van der Waals surface area contributed by atoms with Crippen LogP contribution in [0.2, 0.25) is 0 Å². The Morgan fingerprint density at radius 2 is 2.00 bits per heavy atom. The van der Waals surface area contributed by atoms with Crippen molar-refractivity contribution in [1.82, 2.24) is 0 Å². The lowest BCUT2D eigenvalue weighted by Crippen LogP contribution is -2.05. The summed E-state index contributed by atoms with van der Waals surface area (Å²) in [6.07, 6.45) is 0.402. The Kier molecular flexibility index (Phi) is 5.29. The van der Waals surface area contributed by atoms with Crippen molar-refractivity contribution in [3.05, 3.63) is 37.3 Å². The van der Waals surface area contributed by atoms with E-state index in [1.165, 1.54) is 26.9 Å². The van der Waals surface area contributed by atoms with Crippen LogP contribution in [0.1, 0.15) is 16.8 Å². The molecule has 0 spiro atoms. The van der Waals surface area contributed by atoms with E-state index in [0.29, 0.717) is 23.5 Å². The quantitative estimate of drug-likeness (QED) is 0.432. The molecular weight excluding hydrogens is 224 g/mol. The molecule has 0 aliphatic rings. The summed E-state index contributed by atoms with van der Waals surface area (Å²) in [7, 11) is 3.00. The Balaban J connectivity index is 2.74. The summed E-state index contributed by atoms with van der Waals surface area (Å²) < 4.78 is 10.1. The van der Waals surface area contributed by atoms with Crippen molar-refractivity contribution in [1.29, 1.82) is 0 Å². The van der Waals surface area contributed by atoms with E-state index in [0.717, 1.165) is 0 Å². The van der Waals surface area contributed by atoms with E-state index in [1.807, 2.05) is 0 Å². The van der Waals surface area contributed by atoms with Crippen LogP contribution in [0.25, 0.3) is 0 Å². The van der Waals surface area contributed by atoms with Gasteiger partial charge in [0.05, 0.1) is 19.8 Å². The van der Waals surface area contributed by atoms with E-state index in [1.54, 1.807) is 12.1 Å². The van der Waals surface area contributed by atoms with Gasteiger partial charge in [0.25, 0.3) is 0 Å². The van der Waals surface area contributed by atoms with Crippen LogP contribution in [0.3, 0.4) is 0 Å². The second-order valence-electron chi connectivity index (χ2n) is 2.99. The molecule has 0 aromatic heterocycles. The monoisotopic (exact) mass is 238 g/mol. The highest BCUT2D eigenvalue weighted by Gasteiger charge is 2.12. The number of carbonyl (C=O) groups is 1. The third-order valence-corrected chi connectivity index (χ3v) is 1.93. The van der Waals surface area contributed by atoms with E-state index in [-0.39, 0.29) is 0 Å². The summed E-state index contributed by atoms with van der Waals surface area (Å²) in [4.78, 5) is 20.5. The van der Waals surface area contributed by atoms with Crippen LogP contribution >= 0.6 is 0 Å². The zero-order valence-electron chi connectivity index (χ0n) is 9.76. The fourth-order valence-electron chi connectivity index (χ4n) is 1.14. The molecule has 0 N–H and O–H groups in total. The Bertz CT molecular complexity index is 375. The first-order valence-corrected chi connectivity index (χ1v) is 4.93. The predicted octanol–water partition coefficient (Wildman–Crippen LogP) is 2.18. The van der Waals surface area contributed by atoms with Crippen LogP contribution in [0.5, 0.6) is 11.5 Å². The van der Waals surface area contributed by atoms with Crippen LogP contribution in [-0.2, 0) is 9.78 Å². The maximum atomic E-state index is 11.5. The van der Waals surface area contributed by atoms with Gasteiger partial charge in [0, 0.05) is 0 Å². The maximum absolute atomic E-state index is 11.5. The summed E-state index contributed by atoms with van der Waals surface area (Å²) in [6, 6.07) is 4.67. The van der Waals surface area contributed by atoms with Crippen LogP contribution in [0.4, 0.5) is 0 Å². The molecule has 2 radical (unpaired) electrons. The van der Waals surface area contributed by atoms with Crippen LogP contribution in [0, 0.1) is 13.5 Å². The minimum Gasteiger partial charge on any atom is -0.493 e. The van der Waals surface area contributed by atoms with Gasteiger partial charge in [0.15, 0.2) is 11.5 Å². The molecular formula is C12H14O5. The standard InChI is InChI=1S/C12H14O5/c1-4-7-16-17-12(13)9-5-6-10(14-2)11(8-9)15-3/h5-8H,1,4H2,2-3H3. The van der Waals surface area contributed by atoms with E-state index in [4.69, 9.17) is 9.47 Å². The molecule has 0 atom stereocenters. The van der Waals surface area contributed by atoms with Crippen molar-refractivity contribution in [2.75, 3.05) is 14.2 Å². The fourth-order valence-corrected chi connectivity index (χ4v) is 1.14. The number of hydrogen-bond acceptors (Lipinski definition) is 5. The van der Waals surface area contributed by atoms with Gasteiger partial charge >= 0.3 is 5.97 Å². The van der Waals surface area contributed by atoms with Crippen molar-refractivity contribution in [2.24, 2.45) is 0 Å². The van der Waals surface area contributed by atoms with Crippen molar-refractivity contribution in [2.45, 2.75) is 6.42 Å². The number of rotatable bonds is 6. The van der Waals surface area contributed by atoms with Crippen molar-refractivity contribution in [3.8, 4) is 11.5 Å². The van der Waals surface area contributed by atoms with Gasteiger partial charge in [-0.1, -0.05) is 6.92 Å². The second-order valence-corrected chi connectivity index (χ2v) is 2.99. The first kappa shape index (κ1) is 13.3. The highest BCUT2D eigenvalue weighted by atomic mass is 17.2. The molecule has 0 saturated heterocycles. The molecule has 5 nitrogen and oxygen atoms in total. The topological polar surface area (TPSA) is 54.0 Å². The minimum atomic E-state index is -0.615. The summed E-state index contributed by atoms with van der Waals surface area (Å²) in [5, 5.41) is 0. The molecule has 1 aromatic carbocycles. The molecule has 0 aliphatic carbocycles. The van der Waals surface area contributed by atoms with Crippen LogP contribution in [0.15, 0.2) is 18.2 Å². The summed E-state index contributed by atoms with van der Waals surface area (Å²) in [5.74, 6) is 0.369. The van der Waals surface area contributed by atoms with Gasteiger partial charge in [-0.2, -0.15) is 4.89 Å². The Hall–Kier alpha value is -1.75. The zero-order valence-corrected chi connectivity index (χ0v) is 9.76. The van der Waals surface area contributed by atoms with Gasteiger partial charge in [0.2, 0.25) is 0 Å². The smallest absolute Gasteiger partial charge is 0.373 e. The number of carbonyl (C=O) groups excluding carboxylic acids is 1. The third kappa shape index (κ3) is 3.64. The number of benzene rings is 1. The Labute approximate surface area is 100 Å². The molecule has 1 aromatic rings. The van der Waals surface area contributed by atoms with E-state index in [2.05, 4.69) is 16.7 Å². The minimum absolute atomic E-state index is 0.306. The summed E-state index contributed by atoms with van der Waals surface area (Å²) in [6.45, 7) is 4.77. The number of hydrogen-bond donors (Lipinski definition) is 0. The molecule has 1 rings (SSSR count). The van der Waals surface area contributed by atoms with Crippen LogP contribution < -0.4 is 9.47 Å². The molecule has 0 aliphatic heterocycles. The molecule has 92 valence electrons. The average molecular weight is 238 g/mol. The molecule has 0 saturated carbocycles. The van der Waals surface area contributed by atoms with Gasteiger partial charge in [0.1, 0.15) is 6.61 Å². The summed E-state index contributed by atoms with van der Waals surface area (Å²) >= 11 is 0. The SMILES string of the molecule is [CH2]C[CH]OOC(=O)c1ccc(OC)c(OC)c1. The lowest BCUT2D eigenvalue weighted by Gasteiger charge is -2.08. The first-order chi connectivity index (χ1) is 8.22. The van der Waals surface area contributed by atoms with E-state index < -0.39 is 5.97 Å². The summed E-state index contributed by atoms with van der Waals surface area (Å²) in [5.41, 5.74) is 0.306. The molecule has 0 unspecified atom stereocenters. The normalized spacial score (nSPS) is 9.82.